The van der Waals surface area contributed by atoms with Crippen LogP contribution < -0.4 is 5.32 Å². The molecule has 0 saturated carbocycles. The van der Waals surface area contributed by atoms with Gasteiger partial charge in [0.1, 0.15) is 5.82 Å². The minimum absolute atomic E-state index is 0.128. The molecule has 9 heteroatoms. The summed E-state index contributed by atoms with van der Waals surface area (Å²) in [6.07, 6.45) is 2.34. The minimum Gasteiger partial charge on any atom is -0.328 e. The molecule has 0 aliphatic rings. The molecule has 2 aromatic carbocycles. The average Bonchev–Trinajstić information content (AvgIpc) is 3.20. The number of para-hydroxylation sites is 1. The molecular formula is C25H29N5O3S. The number of carbonyl (C=O) groups excluding carboxylic acids is 1. The predicted octanol–water partition coefficient (Wildman–Crippen LogP) is 4.21. The third kappa shape index (κ3) is 4.67. The molecule has 0 fully saturated rings. The molecule has 34 heavy (non-hydrogen) atoms. The van der Waals surface area contributed by atoms with Gasteiger partial charge in [0.2, 0.25) is 15.9 Å². The first-order valence-corrected chi connectivity index (χ1v) is 12.9. The summed E-state index contributed by atoms with van der Waals surface area (Å²) in [5.41, 5.74) is 3.00. The van der Waals surface area contributed by atoms with Crippen LogP contribution in [-0.2, 0) is 27.8 Å². The number of benzene rings is 2. The zero-order chi connectivity index (χ0) is 24.3. The van der Waals surface area contributed by atoms with Gasteiger partial charge in [-0.1, -0.05) is 32.0 Å². The molecule has 0 aliphatic carbocycles. The van der Waals surface area contributed by atoms with Gasteiger partial charge in [-0.2, -0.15) is 4.31 Å². The van der Waals surface area contributed by atoms with Crippen LogP contribution in [0, 0.1) is 0 Å². The Morgan fingerprint density at radius 1 is 1.03 bits per heavy atom. The van der Waals surface area contributed by atoms with Crippen molar-refractivity contribution in [1.29, 1.82) is 0 Å². The van der Waals surface area contributed by atoms with Gasteiger partial charge < -0.3 is 9.88 Å². The number of fused-ring (bicyclic) bond motifs is 2. The Labute approximate surface area is 199 Å². The van der Waals surface area contributed by atoms with E-state index in [0.717, 1.165) is 22.2 Å². The van der Waals surface area contributed by atoms with E-state index in [2.05, 4.69) is 15.3 Å². The number of aromatic nitrogens is 3. The molecule has 1 amide bonds. The Hall–Kier alpha value is -3.30. The second kappa shape index (κ2) is 9.90. The second-order valence-electron chi connectivity index (χ2n) is 7.98. The molecule has 0 aliphatic heterocycles. The van der Waals surface area contributed by atoms with Crippen molar-refractivity contribution in [3.05, 3.63) is 60.6 Å². The maximum absolute atomic E-state index is 12.9. The molecule has 0 atom stereocenters. The van der Waals surface area contributed by atoms with Gasteiger partial charge in [-0.25, -0.2) is 13.4 Å². The Balaban J connectivity index is 1.52. The SMILES string of the molecule is CCN(CC)S(=O)(=O)c1ccc2c(c1)nc(CCC(=O)Nc1cnc3ccccc3c1)n2CC. The summed E-state index contributed by atoms with van der Waals surface area (Å²) in [6, 6.07) is 14.7. The smallest absolute Gasteiger partial charge is 0.243 e. The fourth-order valence-corrected chi connectivity index (χ4v) is 5.64. The van der Waals surface area contributed by atoms with Crippen LogP contribution in [0.25, 0.3) is 21.9 Å². The lowest BCUT2D eigenvalue weighted by atomic mass is 10.2. The molecule has 0 radical (unpaired) electrons. The Morgan fingerprint density at radius 2 is 1.79 bits per heavy atom. The Morgan fingerprint density at radius 3 is 2.53 bits per heavy atom. The molecule has 8 nitrogen and oxygen atoms in total. The van der Waals surface area contributed by atoms with Crippen molar-refractivity contribution in [2.75, 3.05) is 18.4 Å². The van der Waals surface area contributed by atoms with E-state index in [-0.39, 0.29) is 17.2 Å². The predicted molar refractivity (Wildman–Crippen MR) is 134 cm³/mol. The van der Waals surface area contributed by atoms with Crippen molar-refractivity contribution in [2.24, 2.45) is 0 Å². The fraction of sp³-hybridized carbons (Fsp3) is 0.320. The van der Waals surface area contributed by atoms with Crippen LogP contribution in [0.5, 0.6) is 0 Å². The van der Waals surface area contributed by atoms with Gasteiger partial charge >= 0.3 is 0 Å². The van der Waals surface area contributed by atoms with Crippen molar-refractivity contribution in [2.45, 2.75) is 45.1 Å². The van der Waals surface area contributed by atoms with Crippen molar-refractivity contribution >= 4 is 43.6 Å². The number of pyridine rings is 1. The van der Waals surface area contributed by atoms with E-state index in [1.807, 2.05) is 55.7 Å². The number of anilines is 1. The molecule has 1 N–H and O–H groups in total. The van der Waals surface area contributed by atoms with E-state index >= 15 is 0 Å². The summed E-state index contributed by atoms with van der Waals surface area (Å²) in [5.74, 6) is 0.623. The number of sulfonamides is 1. The van der Waals surface area contributed by atoms with Gasteiger partial charge in [0.25, 0.3) is 0 Å². The number of amides is 1. The highest BCUT2D eigenvalue weighted by Gasteiger charge is 2.23. The third-order valence-electron chi connectivity index (χ3n) is 5.91. The van der Waals surface area contributed by atoms with Gasteiger partial charge in [0.15, 0.2) is 0 Å². The van der Waals surface area contributed by atoms with E-state index in [1.165, 1.54) is 4.31 Å². The van der Waals surface area contributed by atoms with Gasteiger partial charge in [0, 0.05) is 37.9 Å². The molecule has 0 spiro atoms. The number of aryl methyl sites for hydroxylation is 2. The van der Waals surface area contributed by atoms with E-state index in [9.17, 15) is 13.2 Å². The van der Waals surface area contributed by atoms with Crippen LogP contribution in [0.4, 0.5) is 5.69 Å². The lowest BCUT2D eigenvalue weighted by Gasteiger charge is -2.18. The van der Waals surface area contributed by atoms with E-state index in [4.69, 9.17) is 0 Å². The lowest BCUT2D eigenvalue weighted by Crippen LogP contribution is -2.30. The van der Waals surface area contributed by atoms with Crippen LogP contribution in [-0.4, -0.2) is 46.3 Å². The van der Waals surface area contributed by atoms with E-state index < -0.39 is 10.0 Å². The fourth-order valence-electron chi connectivity index (χ4n) is 4.16. The highest BCUT2D eigenvalue weighted by molar-refractivity contribution is 7.89. The molecule has 0 bridgehead atoms. The summed E-state index contributed by atoms with van der Waals surface area (Å²) in [5, 5.41) is 3.87. The lowest BCUT2D eigenvalue weighted by molar-refractivity contribution is -0.116. The summed E-state index contributed by atoms with van der Waals surface area (Å²) in [7, 11) is -3.56. The van der Waals surface area contributed by atoms with Crippen LogP contribution in [0.15, 0.2) is 59.6 Å². The quantitative estimate of drug-likeness (QED) is 0.388. The van der Waals surface area contributed by atoms with Crippen LogP contribution in [0.1, 0.15) is 33.0 Å². The standard InChI is InChI=1S/C25H29N5O3S/c1-4-29(5-2)34(32,33)20-11-12-23-22(16-20)28-24(30(23)6-3)13-14-25(31)27-19-15-18-9-7-8-10-21(18)26-17-19/h7-12,15-17H,4-6,13-14H2,1-3H3,(H,27,31). The molecule has 4 aromatic rings. The van der Waals surface area contributed by atoms with Crippen molar-refractivity contribution in [3.8, 4) is 0 Å². The number of carbonyl (C=O) groups is 1. The highest BCUT2D eigenvalue weighted by Crippen LogP contribution is 2.24. The number of nitrogens with one attached hydrogen (secondary N) is 1. The summed E-state index contributed by atoms with van der Waals surface area (Å²) < 4.78 is 29.3. The molecule has 2 heterocycles. The maximum atomic E-state index is 12.9. The Bertz CT molecular complexity index is 1440. The van der Waals surface area contributed by atoms with Crippen molar-refractivity contribution in [3.63, 3.8) is 0 Å². The topological polar surface area (TPSA) is 97.2 Å². The Kier molecular flexibility index (Phi) is 6.95. The number of rotatable bonds is 9. The van der Waals surface area contributed by atoms with Crippen LogP contribution in [0.2, 0.25) is 0 Å². The average molecular weight is 480 g/mol. The third-order valence-corrected chi connectivity index (χ3v) is 7.95. The molecule has 0 unspecified atom stereocenters. The first kappa shape index (κ1) is 23.8. The number of nitrogens with zero attached hydrogens (tertiary/aromatic N) is 4. The first-order valence-electron chi connectivity index (χ1n) is 11.5. The largest absolute Gasteiger partial charge is 0.328 e. The molecular weight excluding hydrogens is 450 g/mol. The second-order valence-corrected chi connectivity index (χ2v) is 9.91. The minimum atomic E-state index is -3.56. The van der Waals surface area contributed by atoms with Crippen molar-refractivity contribution in [1.82, 2.24) is 18.8 Å². The molecule has 0 saturated heterocycles. The van der Waals surface area contributed by atoms with Gasteiger partial charge in [-0.05, 0) is 37.3 Å². The molecule has 4 rings (SSSR count). The summed E-state index contributed by atoms with van der Waals surface area (Å²) in [4.78, 5) is 21.9. The molecule has 178 valence electrons. The zero-order valence-electron chi connectivity index (χ0n) is 19.7. The monoisotopic (exact) mass is 479 g/mol. The maximum Gasteiger partial charge on any atom is 0.243 e. The summed E-state index contributed by atoms with van der Waals surface area (Å²) in [6.45, 7) is 7.14. The zero-order valence-corrected chi connectivity index (χ0v) is 20.5. The van der Waals surface area contributed by atoms with Crippen LogP contribution in [0.3, 0.4) is 0 Å². The van der Waals surface area contributed by atoms with Crippen LogP contribution >= 0.6 is 0 Å². The molecule has 2 aromatic heterocycles. The number of hydrogen-bond donors (Lipinski definition) is 1. The van der Waals surface area contributed by atoms with Crippen molar-refractivity contribution < 1.29 is 13.2 Å². The normalized spacial score (nSPS) is 12.0. The highest BCUT2D eigenvalue weighted by atomic mass is 32.2. The van der Waals surface area contributed by atoms with E-state index in [1.54, 1.807) is 24.4 Å². The number of hydrogen-bond acceptors (Lipinski definition) is 5. The van der Waals surface area contributed by atoms with Gasteiger partial charge in [0.05, 0.1) is 33.3 Å². The van der Waals surface area contributed by atoms with Gasteiger partial charge in [-0.15, -0.1) is 0 Å². The summed E-state index contributed by atoms with van der Waals surface area (Å²) >= 11 is 0. The first-order chi connectivity index (χ1) is 16.4. The number of imidazole rings is 1. The van der Waals surface area contributed by atoms with Gasteiger partial charge in [-0.3, -0.25) is 9.78 Å². The van der Waals surface area contributed by atoms with E-state index in [0.29, 0.717) is 37.3 Å².